The van der Waals surface area contributed by atoms with E-state index < -0.39 is 72.4 Å². The maximum Gasteiger partial charge on any atom is 4.00 e. The van der Waals surface area contributed by atoms with Crippen LogP contribution < -0.4 is 30.6 Å². The summed E-state index contributed by atoms with van der Waals surface area (Å²) < 4.78 is 0. The van der Waals surface area contributed by atoms with Gasteiger partial charge in [0.15, 0.2) is 0 Å². The third-order valence-corrected chi connectivity index (χ3v) is 2.35. The van der Waals surface area contributed by atoms with Crippen molar-refractivity contribution in [1.82, 2.24) is 0 Å². The van der Waals surface area contributed by atoms with E-state index in [9.17, 15) is 59.4 Å². The van der Waals surface area contributed by atoms with Crippen molar-refractivity contribution in [3.05, 3.63) is 0 Å². The predicted octanol–water partition coefficient (Wildman–Crippen LogP) is -14.4. The molecule has 6 unspecified atom stereocenters. The van der Waals surface area contributed by atoms with Gasteiger partial charge in [0.05, 0.1) is 35.8 Å². The molecule has 18 nitrogen and oxygen atoms in total. The van der Waals surface area contributed by atoms with E-state index in [2.05, 4.69) is 0 Å². The zero-order valence-electron chi connectivity index (χ0n) is 14.9. The SMILES string of the molecule is O=C([O-])C(O)C(O)C(=O)[O-].O=C([O-])C(O)C(O)C(=O)[O-].O=C([O-])C(O)C(O)C(=O)[O-].[Mn+2].[Ti+4]. The van der Waals surface area contributed by atoms with Gasteiger partial charge in [-0.15, -0.1) is 0 Å². The number of carbonyl (C=O) groups excluding carboxylic acids is 6. The van der Waals surface area contributed by atoms with Crippen LogP contribution in [0.2, 0.25) is 0 Å². The molecule has 1 radical (unpaired) electrons. The van der Waals surface area contributed by atoms with Gasteiger partial charge in [0.2, 0.25) is 0 Å². The number of carboxylic acid groups (broad SMARTS) is 6. The maximum atomic E-state index is 9.63. The average molecular weight is 547 g/mol. The number of hydrogen-bond donors (Lipinski definition) is 6. The Morgan fingerprint density at radius 3 is 0.469 bits per heavy atom. The largest absolute Gasteiger partial charge is 4.00 e. The summed E-state index contributed by atoms with van der Waals surface area (Å²) in [5.41, 5.74) is 0. The molecular formula is C12H12MnO18Ti. The van der Waals surface area contributed by atoms with Crippen molar-refractivity contribution in [2.45, 2.75) is 36.6 Å². The molecule has 0 amide bonds. The quantitative estimate of drug-likeness (QED) is 0.146. The van der Waals surface area contributed by atoms with Crippen molar-refractivity contribution in [3.8, 4) is 0 Å². The Morgan fingerprint density at radius 2 is 0.438 bits per heavy atom. The molecule has 32 heavy (non-hydrogen) atoms. The monoisotopic (exact) mass is 547 g/mol. The minimum absolute atomic E-state index is 0. The van der Waals surface area contributed by atoms with E-state index in [4.69, 9.17) is 30.6 Å². The average Bonchev–Trinajstić information content (AvgIpc) is 2.64. The van der Waals surface area contributed by atoms with Gasteiger partial charge in [-0.1, -0.05) is 0 Å². The van der Waals surface area contributed by atoms with Crippen LogP contribution in [0, 0.1) is 0 Å². The summed E-state index contributed by atoms with van der Waals surface area (Å²) in [4.78, 5) is 57.8. The summed E-state index contributed by atoms with van der Waals surface area (Å²) in [5, 5.41) is 107. The van der Waals surface area contributed by atoms with Crippen LogP contribution in [0.1, 0.15) is 0 Å². The van der Waals surface area contributed by atoms with Gasteiger partial charge in [-0.25, -0.2) is 0 Å². The van der Waals surface area contributed by atoms with Crippen molar-refractivity contribution < 1.29 is 129 Å². The molecule has 0 saturated carbocycles. The molecule has 0 aliphatic rings. The topological polar surface area (TPSA) is 362 Å². The minimum Gasteiger partial charge on any atom is -0.547 e. The standard InChI is InChI=1S/3C4H6O6.Mn.Ti/c3*5-1(3(7)8)2(6)4(9)10;;/h3*1-2,5-6H,(H,7,8)(H,9,10);;/q;;;+2;+4/p-6. The fourth-order valence-electron chi connectivity index (χ4n) is 0.773. The van der Waals surface area contributed by atoms with Crippen LogP contribution in [-0.2, 0) is 67.6 Å². The number of aliphatic carboxylic acids is 6. The number of aliphatic hydroxyl groups is 6. The van der Waals surface area contributed by atoms with E-state index >= 15 is 0 Å². The zero-order chi connectivity index (χ0) is 24.9. The molecule has 0 aliphatic heterocycles. The summed E-state index contributed by atoms with van der Waals surface area (Å²) in [7, 11) is 0. The molecule has 0 heterocycles. The summed E-state index contributed by atoms with van der Waals surface area (Å²) in [6, 6.07) is 0. The normalized spacial score (nSPS) is 14.8. The van der Waals surface area contributed by atoms with Crippen LogP contribution in [0.5, 0.6) is 0 Å². The molecule has 6 atom stereocenters. The first kappa shape index (κ1) is 40.2. The second-order valence-corrected chi connectivity index (χ2v) is 4.58. The first-order chi connectivity index (χ1) is 13.4. The van der Waals surface area contributed by atoms with Crippen LogP contribution in [0.4, 0.5) is 0 Å². The van der Waals surface area contributed by atoms with Gasteiger partial charge >= 0.3 is 38.8 Å². The van der Waals surface area contributed by atoms with Crippen molar-refractivity contribution >= 4 is 35.8 Å². The molecule has 0 fully saturated rings. The van der Waals surface area contributed by atoms with Gasteiger partial charge in [-0.3, -0.25) is 0 Å². The molecule has 0 aromatic rings. The van der Waals surface area contributed by atoms with E-state index in [1.165, 1.54) is 0 Å². The molecule has 0 rings (SSSR count). The van der Waals surface area contributed by atoms with Gasteiger partial charge in [-0.2, -0.15) is 0 Å². The third kappa shape index (κ3) is 17.5. The minimum atomic E-state index is -2.44. The van der Waals surface area contributed by atoms with Crippen molar-refractivity contribution in [3.63, 3.8) is 0 Å². The van der Waals surface area contributed by atoms with Crippen LogP contribution in [0.3, 0.4) is 0 Å². The van der Waals surface area contributed by atoms with E-state index in [1.807, 2.05) is 0 Å². The molecule has 6 N–H and O–H groups in total. The molecule has 20 heteroatoms. The van der Waals surface area contributed by atoms with Gasteiger partial charge in [0.25, 0.3) is 0 Å². The second kappa shape index (κ2) is 19.5. The molecule has 0 saturated heterocycles. The van der Waals surface area contributed by atoms with Gasteiger partial charge in [0, 0.05) is 0 Å². The number of carboxylic acids is 6. The molecule has 0 bridgehead atoms. The summed E-state index contributed by atoms with van der Waals surface area (Å²) in [6.07, 6.45) is -14.6. The molecule has 179 valence electrons. The Kier molecular flexibility index (Phi) is 24.5. The third-order valence-electron chi connectivity index (χ3n) is 2.35. The van der Waals surface area contributed by atoms with E-state index in [1.54, 1.807) is 0 Å². The van der Waals surface area contributed by atoms with Gasteiger partial charge in [-0.05, 0) is 0 Å². The van der Waals surface area contributed by atoms with Crippen LogP contribution in [0.15, 0.2) is 0 Å². The van der Waals surface area contributed by atoms with Crippen LogP contribution >= 0.6 is 0 Å². The Labute approximate surface area is 201 Å². The second-order valence-electron chi connectivity index (χ2n) is 4.58. The smallest absolute Gasteiger partial charge is 0.547 e. The maximum absolute atomic E-state index is 9.63. The van der Waals surface area contributed by atoms with E-state index in [0.717, 1.165) is 0 Å². The Balaban J connectivity index is -0.000000110. The first-order valence-corrected chi connectivity index (χ1v) is 6.73. The number of hydrogen-bond acceptors (Lipinski definition) is 18. The Morgan fingerprint density at radius 1 is 0.375 bits per heavy atom. The fourth-order valence-corrected chi connectivity index (χ4v) is 0.773. The van der Waals surface area contributed by atoms with Crippen molar-refractivity contribution in [1.29, 1.82) is 0 Å². The number of aliphatic hydroxyl groups excluding tert-OH is 6. The molecule has 0 aromatic carbocycles. The predicted molar refractivity (Wildman–Crippen MR) is 66.1 cm³/mol. The summed E-state index contributed by atoms with van der Waals surface area (Å²) >= 11 is 0. The van der Waals surface area contributed by atoms with Gasteiger partial charge < -0.3 is 90.0 Å². The molecular weight excluding hydrogens is 535 g/mol. The van der Waals surface area contributed by atoms with Crippen molar-refractivity contribution in [2.24, 2.45) is 0 Å². The fraction of sp³-hybridized carbons (Fsp3) is 0.500. The molecule has 0 aliphatic carbocycles. The number of carbonyl (C=O) groups is 6. The van der Waals surface area contributed by atoms with Gasteiger partial charge in [0.1, 0.15) is 36.6 Å². The first-order valence-electron chi connectivity index (χ1n) is 6.73. The summed E-state index contributed by atoms with van der Waals surface area (Å²) in [5.74, 6) is -12.4. The number of rotatable bonds is 9. The Hall–Kier alpha value is -2.19. The molecule has 0 spiro atoms. The van der Waals surface area contributed by atoms with Crippen LogP contribution in [-0.4, -0.2) is 103 Å². The summed E-state index contributed by atoms with van der Waals surface area (Å²) in [6.45, 7) is 0. The van der Waals surface area contributed by atoms with Crippen LogP contribution in [0.25, 0.3) is 0 Å². The Bertz CT molecular complexity index is 500. The van der Waals surface area contributed by atoms with E-state index in [-0.39, 0.29) is 38.8 Å². The zero-order valence-corrected chi connectivity index (χ0v) is 17.7. The van der Waals surface area contributed by atoms with E-state index in [0.29, 0.717) is 0 Å². The van der Waals surface area contributed by atoms with Crippen molar-refractivity contribution in [2.75, 3.05) is 0 Å². The molecule has 0 aromatic heterocycles.